The second kappa shape index (κ2) is 39.4. The van der Waals surface area contributed by atoms with Crippen LogP contribution >= 0.6 is 60.8 Å². The zero-order chi connectivity index (χ0) is 48.4. The summed E-state index contributed by atoms with van der Waals surface area (Å²) in [6.07, 6.45) is 7.16. The minimum atomic E-state index is -0.773. The summed E-state index contributed by atoms with van der Waals surface area (Å²) in [6, 6.07) is 12.3. The molecule has 0 unspecified atom stereocenters. The van der Waals surface area contributed by atoms with Crippen LogP contribution in [0.4, 0.5) is 25.8 Å². The maximum atomic E-state index is 11.0. The molecule has 395 valence electrons. The Kier molecular flexibility index (Phi) is 39.4. The molecule has 0 aliphatic carbocycles. The first-order valence-corrected chi connectivity index (χ1v) is 23.8. The van der Waals surface area contributed by atoms with Crippen molar-refractivity contribution in [3.05, 3.63) is 59.9 Å². The number of thiocarbonyl (C=S) groups is 1. The van der Waals surface area contributed by atoms with Crippen molar-refractivity contribution in [1.82, 2.24) is 41.0 Å². The summed E-state index contributed by atoms with van der Waals surface area (Å²) < 4.78 is 12.9. The predicted molar refractivity (Wildman–Crippen MR) is 305 cm³/mol. The number of hydrogen-bond acceptors (Lipinski definition) is 17. The largest absolute Gasteiger partial charge is 0.457 e. The van der Waals surface area contributed by atoms with Crippen LogP contribution in [0.25, 0.3) is 21.8 Å². The monoisotopic (exact) mass is 1300 g/mol. The molecule has 2 aromatic carbocycles. The van der Waals surface area contributed by atoms with Crippen molar-refractivity contribution in [2.45, 2.75) is 35.6 Å². The first kappa shape index (κ1) is 71.1. The van der Waals surface area contributed by atoms with E-state index in [2.05, 4.69) is 107 Å². The summed E-state index contributed by atoms with van der Waals surface area (Å²) in [6.45, 7) is 14.3. The second-order valence-corrected chi connectivity index (χ2v) is 16.0. The second-order valence-electron chi connectivity index (χ2n) is 13.7. The van der Waals surface area contributed by atoms with Gasteiger partial charge in [-0.1, -0.05) is 50.5 Å². The van der Waals surface area contributed by atoms with Crippen molar-refractivity contribution in [2.75, 3.05) is 110 Å². The van der Waals surface area contributed by atoms with Gasteiger partial charge in [0.05, 0.1) is 71.6 Å². The van der Waals surface area contributed by atoms with Gasteiger partial charge in [0.1, 0.15) is 5.84 Å². The van der Waals surface area contributed by atoms with Gasteiger partial charge in [0.15, 0.2) is 21.4 Å². The van der Waals surface area contributed by atoms with Crippen molar-refractivity contribution in [1.29, 1.82) is 0 Å². The van der Waals surface area contributed by atoms with E-state index in [4.69, 9.17) is 18.0 Å². The molecular formula is C44H73AcClN14O7S4. The van der Waals surface area contributed by atoms with Gasteiger partial charge in [0.2, 0.25) is 0 Å². The van der Waals surface area contributed by atoms with E-state index in [0.29, 0.717) is 26.2 Å². The van der Waals surface area contributed by atoms with Gasteiger partial charge in [0.25, 0.3) is 0 Å². The molecule has 2 amide bonds. The molecule has 5 aliphatic rings. The number of aryl methyl sites for hydroxylation is 2. The quantitative estimate of drug-likeness (QED) is 0.0437. The van der Waals surface area contributed by atoms with Crippen molar-refractivity contribution in [3.8, 4) is 0 Å². The van der Waals surface area contributed by atoms with Crippen LogP contribution in [0.1, 0.15) is 32.9 Å². The van der Waals surface area contributed by atoms with E-state index in [9.17, 15) is 14.4 Å². The molecule has 0 bridgehead atoms. The average Bonchev–Trinajstić information content (AvgIpc) is 4.19. The molecule has 2 aromatic heterocycles. The molecule has 71 heavy (non-hydrogen) atoms. The number of ether oxygens (including phenoxy) is 3. The molecule has 7 heterocycles. The third-order valence-electron chi connectivity index (χ3n) is 9.47. The Hall–Kier alpha value is -4.16. The van der Waals surface area contributed by atoms with E-state index in [0.717, 1.165) is 89.0 Å². The van der Waals surface area contributed by atoms with Crippen molar-refractivity contribution in [3.63, 3.8) is 0 Å². The number of anilines is 2. The summed E-state index contributed by atoms with van der Waals surface area (Å²) in [7, 11) is 3.96. The van der Waals surface area contributed by atoms with Crippen LogP contribution in [-0.4, -0.2) is 169 Å². The van der Waals surface area contributed by atoms with Gasteiger partial charge in [-0.25, -0.2) is 14.4 Å². The van der Waals surface area contributed by atoms with Gasteiger partial charge < -0.3 is 62.0 Å². The number of amidine groups is 3. The van der Waals surface area contributed by atoms with Crippen LogP contribution in [-0.2, 0) is 14.2 Å². The number of fused-ring (bicyclic) bond motifs is 2. The van der Waals surface area contributed by atoms with Crippen LogP contribution in [0.2, 0.25) is 0 Å². The molecular weight excluding hydrogens is 1230 g/mol. The van der Waals surface area contributed by atoms with E-state index in [1.54, 1.807) is 18.7 Å². The van der Waals surface area contributed by atoms with E-state index < -0.39 is 5.43 Å². The van der Waals surface area contributed by atoms with Gasteiger partial charge in [-0.05, 0) is 91.7 Å². The molecule has 1 saturated heterocycles. The molecule has 4 aromatic rings. The molecule has 0 spiro atoms. The topological polar surface area (TPSA) is 284 Å². The SMILES string of the molecule is C.C.COC(=O)Cl.COC(=O)N1CCN=C1C.COC(=O)N1CCN=C1SC.CSC1=NCCN1.Cc1c(N)ccc2cc[nH]c12.Cc1c(NC2=NCCN2)ccc2cc[nH]c12.O.S.S=C1NCCN1.[Ac]. The van der Waals surface area contributed by atoms with E-state index >= 15 is 0 Å². The van der Waals surface area contributed by atoms with Crippen LogP contribution in [0.3, 0.4) is 0 Å². The van der Waals surface area contributed by atoms with Gasteiger partial charge in [-0.3, -0.25) is 29.8 Å². The summed E-state index contributed by atoms with van der Waals surface area (Å²) in [5.74, 6) is 1.61. The first-order valence-electron chi connectivity index (χ1n) is 20.6. The van der Waals surface area contributed by atoms with Crippen LogP contribution in [0.15, 0.2) is 68.8 Å². The number of carbonyl (C=O) groups excluding carboxylic acids is 3. The van der Waals surface area contributed by atoms with E-state index in [1.165, 1.54) is 64.7 Å². The van der Waals surface area contributed by atoms with Gasteiger partial charge in [-0.15, -0.1) is 0 Å². The number of rotatable bonds is 1. The average molecular weight is 1300 g/mol. The van der Waals surface area contributed by atoms with Crippen LogP contribution < -0.4 is 32.3 Å². The van der Waals surface area contributed by atoms with Gasteiger partial charge in [0, 0.05) is 106 Å². The number of hydrogen-bond donors (Lipinski definition) is 8. The fraction of sp³-hybridized carbons (Fsp3) is 0.455. The van der Waals surface area contributed by atoms with Crippen molar-refractivity contribution < 1.29 is 78.1 Å². The summed E-state index contributed by atoms with van der Waals surface area (Å²) in [5.41, 5.74) is 11.6. The number of nitrogens with two attached hydrogens (primary N) is 1. The zero-order valence-electron chi connectivity index (χ0n) is 40.1. The number of aliphatic imine (C=N–C) groups is 4. The van der Waals surface area contributed by atoms with Crippen LogP contribution in [0.5, 0.6) is 0 Å². The number of nitrogens with one attached hydrogen (secondary N) is 7. The number of amides is 2. The molecule has 0 saturated carbocycles. The Labute approximate surface area is 479 Å². The van der Waals surface area contributed by atoms with Gasteiger partial charge >= 0.3 is 17.6 Å². The molecule has 1 fully saturated rings. The fourth-order valence-corrected chi connectivity index (χ4v) is 7.29. The van der Waals surface area contributed by atoms with Crippen molar-refractivity contribution >= 4 is 139 Å². The van der Waals surface area contributed by atoms with Gasteiger partial charge in [-0.2, -0.15) is 13.5 Å². The zero-order valence-corrected chi connectivity index (χ0v) is 49.0. The minimum absolute atomic E-state index is 0. The maximum absolute atomic E-state index is 11.0. The Morgan fingerprint density at radius 3 is 1.66 bits per heavy atom. The number of carbonyl (C=O) groups is 3. The normalized spacial score (nSPS) is 14.0. The number of halogens is 1. The summed E-state index contributed by atoms with van der Waals surface area (Å²) >= 11 is 12.4. The van der Waals surface area contributed by atoms with Crippen molar-refractivity contribution in [2.24, 2.45) is 20.0 Å². The number of methoxy groups -OCH3 is 3. The van der Waals surface area contributed by atoms with E-state index in [-0.39, 0.29) is 90.1 Å². The Morgan fingerprint density at radius 1 is 0.704 bits per heavy atom. The number of aromatic amines is 2. The molecule has 27 heteroatoms. The molecule has 0 atom stereocenters. The predicted octanol–water partition coefficient (Wildman–Crippen LogP) is 6.50. The number of thioether (sulfide) groups is 2. The number of guanidine groups is 1. The summed E-state index contributed by atoms with van der Waals surface area (Å²) in [5, 5.41) is 20.6. The maximum Gasteiger partial charge on any atom is 0.415 e. The molecule has 5 aliphatic heterocycles. The number of benzene rings is 2. The Balaban J connectivity index is -0.000000773. The molecule has 11 N–H and O–H groups in total. The van der Waals surface area contributed by atoms with E-state index in [1.807, 2.05) is 50.0 Å². The number of nitrogens with zero attached hydrogens (tertiary/aromatic N) is 6. The third kappa shape index (κ3) is 24.4. The smallest absolute Gasteiger partial charge is 0.415 e. The Bertz CT molecular complexity index is 2350. The number of nitrogen functional groups attached to an aromatic ring is 1. The minimum Gasteiger partial charge on any atom is -0.457 e. The third-order valence-corrected chi connectivity index (χ3v) is 11.3. The summed E-state index contributed by atoms with van der Waals surface area (Å²) in [4.78, 5) is 57.2. The number of H-pyrrole nitrogens is 2. The molecule has 21 nitrogen and oxygen atoms in total. The fourth-order valence-electron chi connectivity index (χ4n) is 6.02. The molecule has 1 radical (unpaired) electrons. The number of aromatic nitrogens is 2. The first-order chi connectivity index (χ1) is 31.8. The molecule has 9 rings (SSSR count). The van der Waals surface area contributed by atoms with Crippen LogP contribution in [0, 0.1) is 57.9 Å². The standard InChI is InChI=1S/C12H14N4.C9H10N2.C6H10N2O2S.C6H10N2O2.C4H8N2S.C3H6N2S.C2H3ClO2.2CH4.Ac.H2O.H2S/c1-8-10(16-12-14-6-7-15-12)3-2-9-4-5-13-11(8)9;1-6-8(10)3-2-7-4-5-11-9(6)7;1-10-6(9)8-4-3-7-5(8)11-2;1-5-7-3-4-8(5)6(9)10-2;1-7-4-5-2-3-6-4;6-3-4-1-2-5-3;1-5-2(3)4;;;;;/h2-5,13H,6-7H2,1H3,(H2,14,15,16);2-5,11H,10H2,1H3;3-4H2,1-2H3;3-4H2,1-2H3;2-3H2,1H3,(H,5,6);1-2H2,(H2,4,5,6);1H3;2*1H4;;2*1H2. The Morgan fingerprint density at radius 2 is 1.23 bits per heavy atom.